The van der Waals surface area contributed by atoms with Crippen molar-refractivity contribution in [1.82, 2.24) is 24.8 Å². The average Bonchev–Trinajstić information content (AvgIpc) is 3.46. The van der Waals surface area contributed by atoms with Crippen molar-refractivity contribution in [2.75, 3.05) is 51.1 Å². The highest BCUT2D eigenvalue weighted by atomic mass is 32.1. The van der Waals surface area contributed by atoms with Crippen LogP contribution >= 0.6 is 22.7 Å². The number of thiophene rings is 1. The van der Waals surface area contributed by atoms with Gasteiger partial charge in [-0.05, 0) is 31.0 Å². The van der Waals surface area contributed by atoms with Crippen LogP contribution in [0.5, 0.6) is 0 Å². The number of aromatic nitrogens is 3. The highest BCUT2D eigenvalue weighted by molar-refractivity contribution is 7.14. The van der Waals surface area contributed by atoms with Crippen molar-refractivity contribution in [2.24, 2.45) is 0 Å². The lowest BCUT2D eigenvalue weighted by Crippen LogP contribution is -2.46. The van der Waals surface area contributed by atoms with E-state index in [1.807, 2.05) is 17.8 Å². The van der Waals surface area contributed by atoms with Crippen molar-refractivity contribution in [2.45, 2.75) is 13.3 Å². The molecule has 1 aliphatic rings. The molecule has 0 atom stereocenters. The Balaban J connectivity index is 1.36. The number of anilines is 1. The second-order valence-electron chi connectivity index (χ2n) is 6.83. The maximum absolute atomic E-state index is 4.79. The van der Waals surface area contributed by atoms with Crippen LogP contribution in [0, 0.1) is 0 Å². The van der Waals surface area contributed by atoms with Gasteiger partial charge in [-0.25, -0.2) is 15.0 Å². The second kappa shape index (κ2) is 9.56. The minimum absolute atomic E-state index is 0.682. The molecule has 148 valence electrons. The molecule has 1 saturated heterocycles. The van der Waals surface area contributed by atoms with E-state index in [2.05, 4.69) is 49.5 Å². The van der Waals surface area contributed by atoms with E-state index in [-0.39, 0.29) is 0 Å². The van der Waals surface area contributed by atoms with E-state index < -0.39 is 0 Å². The van der Waals surface area contributed by atoms with Gasteiger partial charge in [0.25, 0.3) is 0 Å². The van der Waals surface area contributed by atoms with Gasteiger partial charge in [-0.1, -0.05) is 13.0 Å². The summed E-state index contributed by atoms with van der Waals surface area (Å²) in [6.45, 7) is 10.1. The Labute approximate surface area is 174 Å². The third kappa shape index (κ3) is 4.75. The molecule has 28 heavy (non-hydrogen) atoms. The first-order chi connectivity index (χ1) is 13.8. The standard InChI is InChI=1S/C20H26N6S2/c1-2-25-9-11-26(12-10-25)8-4-6-22-20-23-15-16(17-5-3-13-27-17)18(24-20)19-21-7-14-28-19/h3,5,7,13-15H,2,4,6,8-12H2,1H3,(H,22,23,24). The minimum atomic E-state index is 0.682. The topological polar surface area (TPSA) is 57.2 Å². The summed E-state index contributed by atoms with van der Waals surface area (Å²) < 4.78 is 0. The summed E-state index contributed by atoms with van der Waals surface area (Å²) in [5.41, 5.74) is 1.95. The number of hydrogen-bond acceptors (Lipinski definition) is 8. The molecule has 0 aliphatic carbocycles. The van der Waals surface area contributed by atoms with Gasteiger partial charge in [0, 0.05) is 60.9 Å². The highest BCUT2D eigenvalue weighted by Gasteiger charge is 2.16. The van der Waals surface area contributed by atoms with E-state index in [0.717, 1.165) is 42.3 Å². The largest absolute Gasteiger partial charge is 0.354 e. The Hall–Kier alpha value is -1.87. The molecule has 3 aromatic rings. The molecule has 0 aromatic carbocycles. The maximum atomic E-state index is 4.79. The van der Waals surface area contributed by atoms with E-state index in [9.17, 15) is 0 Å². The van der Waals surface area contributed by atoms with Gasteiger partial charge in [0.15, 0.2) is 0 Å². The molecule has 0 radical (unpaired) electrons. The van der Waals surface area contributed by atoms with Crippen LogP contribution in [0.25, 0.3) is 21.1 Å². The summed E-state index contributed by atoms with van der Waals surface area (Å²) in [6.07, 6.45) is 4.84. The van der Waals surface area contributed by atoms with E-state index in [1.54, 1.807) is 22.7 Å². The summed E-state index contributed by atoms with van der Waals surface area (Å²) in [5.74, 6) is 0.682. The lowest BCUT2D eigenvalue weighted by atomic mass is 10.2. The first-order valence-corrected chi connectivity index (χ1v) is 11.6. The van der Waals surface area contributed by atoms with E-state index in [4.69, 9.17) is 4.98 Å². The Morgan fingerprint density at radius 2 is 1.93 bits per heavy atom. The third-order valence-electron chi connectivity index (χ3n) is 5.06. The smallest absolute Gasteiger partial charge is 0.223 e. The van der Waals surface area contributed by atoms with Crippen molar-refractivity contribution < 1.29 is 0 Å². The van der Waals surface area contributed by atoms with Crippen LogP contribution in [-0.4, -0.2) is 70.6 Å². The fourth-order valence-electron chi connectivity index (χ4n) is 3.41. The van der Waals surface area contributed by atoms with Crippen LogP contribution in [0.1, 0.15) is 13.3 Å². The predicted octanol–water partition coefficient (Wildman–Crippen LogP) is 3.77. The van der Waals surface area contributed by atoms with Gasteiger partial charge in [-0.15, -0.1) is 22.7 Å². The average molecular weight is 415 g/mol. The van der Waals surface area contributed by atoms with Crippen molar-refractivity contribution in [1.29, 1.82) is 0 Å². The Bertz CT molecular complexity index is 842. The van der Waals surface area contributed by atoms with Gasteiger partial charge < -0.3 is 15.1 Å². The van der Waals surface area contributed by atoms with Gasteiger partial charge in [0.1, 0.15) is 10.7 Å². The highest BCUT2D eigenvalue weighted by Crippen LogP contribution is 2.34. The summed E-state index contributed by atoms with van der Waals surface area (Å²) >= 11 is 3.31. The van der Waals surface area contributed by atoms with Crippen molar-refractivity contribution in [3.8, 4) is 21.1 Å². The van der Waals surface area contributed by atoms with Crippen LogP contribution in [0.2, 0.25) is 0 Å². The van der Waals surface area contributed by atoms with Crippen molar-refractivity contribution in [3.63, 3.8) is 0 Å². The molecular formula is C20H26N6S2. The van der Waals surface area contributed by atoms with Crippen molar-refractivity contribution >= 4 is 28.6 Å². The van der Waals surface area contributed by atoms with Gasteiger partial charge in [-0.3, -0.25) is 0 Å². The van der Waals surface area contributed by atoms with Gasteiger partial charge >= 0.3 is 0 Å². The molecular weight excluding hydrogens is 388 g/mol. The van der Waals surface area contributed by atoms with Gasteiger partial charge in [-0.2, -0.15) is 0 Å². The molecule has 0 bridgehead atoms. The predicted molar refractivity (Wildman–Crippen MR) is 118 cm³/mol. The molecule has 1 N–H and O–H groups in total. The molecule has 0 amide bonds. The summed E-state index contributed by atoms with van der Waals surface area (Å²) in [7, 11) is 0. The SMILES string of the molecule is CCN1CCN(CCCNc2ncc(-c3cccs3)c(-c3nccs3)n2)CC1. The van der Waals surface area contributed by atoms with Gasteiger partial charge in [0.05, 0.1) is 0 Å². The molecule has 3 aromatic heterocycles. The van der Waals surface area contributed by atoms with Crippen LogP contribution < -0.4 is 5.32 Å². The molecule has 6 nitrogen and oxygen atoms in total. The molecule has 0 spiro atoms. The molecule has 1 fully saturated rings. The van der Waals surface area contributed by atoms with E-state index >= 15 is 0 Å². The number of nitrogens with one attached hydrogen (secondary N) is 1. The Morgan fingerprint density at radius 1 is 1.07 bits per heavy atom. The number of piperazine rings is 1. The first-order valence-electron chi connectivity index (χ1n) is 9.83. The molecule has 4 heterocycles. The van der Waals surface area contributed by atoms with Crippen LogP contribution in [0.4, 0.5) is 5.95 Å². The quantitative estimate of drug-likeness (QED) is 0.566. The van der Waals surface area contributed by atoms with Crippen LogP contribution in [-0.2, 0) is 0 Å². The summed E-state index contributed by atoms with van der Waals surface area (Å²) in [4.78, 5) is 20.0. The summed E-state index contributed by atoms with van der Waals surface area (Å²) in [5, 5.41) is 8.40. The molecule has 1 aliphatic heterocycles. The molecule has 0 saturated carbocycles. The molecule has 4 rings (SSSR count). The Morgan fingerprint density at radius 3 is 2.64 bits per heavy atom. The number of nitrogens with zero attached hydrogens (tertiary/aromatic N) is 5. The normalized spacial score (nSPS) is 15.8. The maximum Gasteiger partial charge on any atom is 0.223 e. The molecule has 8 heteroatoms. The number of likely N-dealkylation sites (N-methyl/N-ethyl adjacent to an activating group) is 1. The monoisotopic (exact) mass is 414 g/mol. The zero-order valence-electron chi connectivity index (χ0n) is 16.2. The fourth-order valence-corrected chi connectivity index (χ4v) is 4.79. The van der Waals surface area contributed by atoms with Crippen LogP contribution in [0.3, 0.4) is 0 Å². The van der Waals surface area contributed by atoms with E-state index in [0.29, 0.717) is 5.95 Å². The first kappa shape index (κ1) is 19.4. The fraction of sp³-hybridized carbons (Fsp3) is 0.450. The third-order valence-corrected chi connectivity index (χ3v) is 6.74. The summed E-state index contributed by atoms with van der Waals surface area (Å²) in [6, 6.07) is 4.16. The second-order valence-corrected chi connectivity index (χ2v) is 8.67. The number of thiazole rings is 1. The lowest BCUT2D eigenvalue weighted by Gasteiger charge is -2.33. The number of hydrogen-bond donors (Lipinski definition) is 1. The minimum Gasteiger partial charge on any atom is -0.354 e. The zero-order chi connectivity index (χ0) is 19.2. The Kier molecular flexibility index (Phi) is 6.64. The van der Waals surface area contributed by atoms with Crippen LogP contribution in [0.15, 0.2) is 35.3 Å². The number of rotatable bonds is 8. The van der Waals surface area contributed by atoms with Gasteiger partial charge in [0.2, 0.25) is 5.95 Å². The van der Waals surface area contributed by atoms with Crippen molar-refractivity contribution in [3.05, 3.63) is 35.3 Å². The zero-order valence-corrected chi connectivity index (χ0v) is 17.8. The molecule has 0 unspecified atom stereocenters. The lowest BCUT2D eigenvalue weighted by molar-refractivity contribution is 0.137. The van der Waals surface area contributed by atoms with E-state index in [1.165, 1.54) is 31.1 Å².